The molecule has 0 aromatic heterocycles. The van der Waals surface area contributed by atoms with Crippen molar-refractivity contribution in [1.82, 2.24) is 4.90 Å². The van der Waals surface area contributed by atoms with Crippen molar-refractivity contribution in [2.24, 2.45) is 11.8 Å². The smallest absolute Gasteiger partial charge is 0.232 e. The number of hydrogen-bond acceptors (Lipinski definition) is 3. The first-order valence-corrected chi connectivity index (χ1v) is 8.98. The van der Waals surface area contributed by atoms with Crippen molar-refractivity contribution in [3.63, 3.8) is 0 Å². The molecule has 3 aliphatic rings. The molecule has 2 saturated heterocycles. The molecule has 2 aliphatic heterocycles. The molecule has 1 aromatic rings. The van der Waals surface area contributed by atoms with Gasteiger partial charge in [-0.3, -0.25) is 9.59 Å². The van der Waals surface area contributed by atoms with Gasteiger partial charge >= 0.3 is 0 Å². The second-order valence-electron chi connectivity index (χ2n) is 7.12. The Kier molecular flexibility index (Phi) is 4.27. The highest BCUT2D eigenvalue weighted by molar-refractivity contribution is 5.95. The van der Waals surface area contributed by atoms with Gasteiger partial charge in [-0.05, 0) is 37.3 Å². The monoisotopic (exact) mass is 328 g/mol. The highest BCUT2D eigenvalue weighted by Gasteiger charge is 2.41. The molecule has 0 radical (unpaired) electrons. The number of amides is 2. The lowest BCUT2D eigenvalue weighted by atomic mass is 9.92. The number of carbonyl (C=O) groups excluding carboxylic acids is 2. The van der Waals surface area contributed by atoms with Crippen LogP contribution in [0.25, 0.3) is 0 Å². The molecule has 2 atom stereocenters. The Hall–Kier alpha value is -1.88. The molecular formula is C19H24N2O3. The number of anilines is 1. The summed E-state index contributed by atoms with van der Waals surface area (Å²) in [7, 11) is 0. The normalized spacial score (nSPS) is 27.6. The van der Waals surface area contributed by atoms with Crippen molar-refractivity contribution in [2.75, 3.05) is 31.1 Å². The van der Waals surface area contributed by atoms with Crippen LogP contribution in [0.15, 0.2) is 30.3 Å². The Labute approximate surface area is 142 Å². The number of benzene rings is 1. The van der Waals surface area contributed by atoms with Gasteiger partial charge in [-0.2, -0.15) is 0 Å². The molecule has 1 saturated carbocycles. The van der Waals surface area contributed by atoms with Gasteiger partial charge < -0.3 is 14.5 Å². The number of para-hydroxylation sites is 1. The summed E-state index contributed by atoms with van der Waals surface area (Å²) in [6.07, 6.45) is 3.58. The Balaban J connectivity index is 1.45. The molecule has 4 rings (SSSR count). The first-order chi connectivity index (χ1) is 11.7. The van der Waals surface area contributed by atoms with E-state index >= 15 is 0 Å². The van der Waals surface area contributed by atoms with E-state index in [0.29, 0.717) is 45.0 Å². The summed E-state index contributed by atoms with van der Waals surface area (Å²) in [6, 6.07) is 9.78. The maximum atomic E-state index is 13.0. The molecule has 5 heteroatoms. The molecular weight excluding hydrogens is 304 g/mol. The topological polar surface area (TPSA) is 49.9 Å². The second-order valence-corrected chi connectivity index (χ2v) is 7.12. The lowest BCUT2D eigenvalue weighted by molar-refractivity contribution is -0.141. The second kappa shape index (κ2) is 6.55. The van der Waals surface area contributed by atoms with Gasteiger partial charge in [0, 0.05) is 31.7 Å². The van der Waals surface area contributed by atoms with Crippen molar-refractivity contribution in [1.29, 1.82) is 0 Å². The molecule has 2 heterocycles. The number of ether oxygens (including phenoxy) is 1. The van der Waals surface area contributed by atoms with Gasteiger partial charge in [0.05, 0.1) is 18.6 Å². The third kappa shape index (κ3) is 3.18. The fourth-order valence-corrected chi connectivity index (χ4v) is 3.76. The van der Waals surface area contributed by atoms with Crippen molar-refractivity contribution >= 4 is 17.5 Å². The SMILES string of the molecule is O=C(CC1CC1)N1CC[C@H]2C(=O)N(c3ccccc3)CCO[C@H]2C1. The minimum atomic E-state index is -0.164. The number of carbonyl (C=O) groups is 2. The van der Waals surface area contributed by atoms with Gasteiger partial charge in [-0.25, -0.2) is 0 Å². The molecule has 1 aromatic carbocycles. The largest absolute Gasteiger partial charge is 0.374 e. The van der Waals surface area contributed by atoms with Crippen molar-refractivity contribution in [3.05, 3.63) is 30.3 Å². The van der Waals surface area contributed by atoms with Crippen molar-refractivity contribution in [2.45, 2.75) is 31.8 Å². The number of fused-ring (bicyclic) bond motifs is 1. The maximum Gasteiger partial charge on any atom is 0.232 e. The van der Waals surface area contributed by atoms with Gasteiger partial charge in [0.15, 0.2) is 0 Å². The number of hydrogen-bond donors (Lipinski definition) is 0. The average Bonchev–Trinajstić information content (AvgIpc) is 3.43. The zero-order chi connectivity index (χ0) is 16.5. The third-order valence-corrected chi connectivity index (χ3v) is 5.37. The van der Waals surface area contributed by atoms with E-state index in [1.165, 1.54) is 12.8 Å². The van der Waals surface area contributed by atoms with Gasteiger partial charge in [-0.15, -0.1) is 0 Å². The fourth-order valence-electron chi connectivity index (χ4n) is 3.76. The summed E-state index contributed by atoms with van der Waals surface area (Å²) in [6.45, 7) is 2.33. The number of nitrogens with zero attached hydrogens (tertiary/aromatic N) is 2. The summed E-state index contributed by atoms with van der Waals surface area (Å²) in [5, 5.41) is 0. The van der Waals surface area contributed by atoms with Crippen molar-refractivity contribution < 1.29 is 14.3 Å². The lowest BCUT2D eigenvalue weighted by Gasteiger charge is -2.37. The Morgan fingerprint density at radius 1 is 1.12 bits per heavy atom. The third-order valence-electron chi connectivity index (χ3n) is 5.37. The predicted molar refractivity (Wildman–Crippen MR) is 90.6 cm³/mol. The van der Waals surface area contributed by atoms with Crippen LogP contribution in [0.3, 0.4) is 0 Å². The van der Waals surface area contributed by atoms with E-state index in [-0.39, 0.29) is 23.8 Å². The standard InChI is InChI=1S/C19H24N2O3/c22-18(12-14-6-7-14)20-9-8-16-17(13-20)24-11-10-21(19(16)23)15-4-2-1-3-5-15/h1-5,14,16-17H,6-13H2/t16-,17+/m1/s1. The van der Waals surface area contributed by atoms with Crippen LogP contribution in [0.2, 0.25) is 0 Å². The van der Waals surface area contributed by atoms with E-state index in [1.54, 1.807) is 0 Å². The summed E-state index contributed by atoms with van der Waals surface area (Å²) >= 11 is 0. The zero-order valence-corrected chi connectivity index (χ0v) is 13.9. The summed E-state index contributed by atoms with van der Waals surface area (Å²) in [4.78, 5) is 29.1. The van der Waals surface area contributed by atoms with E-state index in [9.17, 15) is 9.59 Å². The molecule has 0 spiro atoms. The van der Waals surface area contributed by atoms with Crippen LogP contribution in [-0.2, 0) is 14.3 Å². The Morgan fingerprint density at radius 3 is 2.67 bits per heavy atom. The van der Waals surface area contributed by atoms with E-state index in [1.807, 2.05) is 40.1 Å². The zero-order valence-electron chi connectivity index (χ0n) is 13.9. The number of rotatable bonds is 3. The first-order valence-electron chi connectivity index (χ1n) is 8.98. The Bertz CT molecular complexity index is 614. The first kappa shape index (κ1) is 15.6. The van der Waals surface area contributed by atoms with E-state index in [0.717, 1.165) is 5.69 Å². The van der Waals surface area contributed by atoms with Crippen LogP contribution in [0.4, 0.5) is 5.69 Å². The average molecular weight is 328 g/mol. The van der Waals surface area contributed by atoms with E-state index < -0.39 is 0 Å². The molecule has 24 heavy (non-hydrogen) atoms. The van der Waals surface area contributed by atoms with Crippen LogP contribution in [0, 0.1) is 11.8 Å². The molecule has 2 amide bonds. The van der Waals surface area contributed by atoms with Crippen LogP contribution in [0.5, 0.6) is 0 Å². The number of piperidine rings is 1. The fraction of sp³-hybridized carbons (Fsp3) is 0.579. The van der Waals surface area contributed by atoms with Crippen LogP contribution < -0.4 is 4.90 Å². The lowest BCUT2D eigenvalue weighted by Crippen LogP contribution is -2.51. The van der Waals surface area contributed by atoms with E-state index in [2.05, 4.69) is 0 Å². The summed E-state index contributed by atoms with van der Waals surface area (Å²) in [5.74, 6) is 0.826. The van der Waals surface area contributed by atoms with Gasteiger partial charge in [0.1, 0.15) is 0 Å². The maximum absolute atomic E-state index is 13.0. The summed E-state index contributed by atoms with van der Waals surface area (Å²) < 4.78 is 5.97. The van der Waals surface area contributed by atoms with E-state index in [4.69, 9.17) is 4.74 Å². The van der Waals surface area contributed by atoms with Crippen LogP contribution in [0.1, 0.15) is 25.7 Å². The van der Waals surface area contributed by atoms with Gasteiger partial charge in [-0.1, -0.05) is 18.2 Å². The van der Waals surface area contributed by atoms with Crippen molar-refractivity contribution in [3.8, 4) is 0 Å². The highest BCUT2D eigenvalue weighted by atomic mass is 16.5. The molecule has 1 aliphatic carbocycles. The molecule has 128 valence electrons. The summed E-state index contributed by atoms with van der Waals surface area (Å²) in [5.41, 5.74) is 0.930. The molecule has 3 fully saturated rings. The van der Waals surface area contributed by atoms with Gasteiger partial charge in [0.25, 0.3) is 0 Å². The van der Waals surface area contributed by atoms with Crippen LogP contribution >= 0.6 is 0 Å². The molecule has 0 unspecified atom stereocenters. The molecule has 5 nitrogen and oxygen atoms in total. The Morgan fingerprint density at radius 2 is 1.92 bits per heavy atom. The minimum Gasteiger partial charge on any atom is -0.374 e. The molecule has 0 N–H and O–H groups in total. The minimum absolute atomic E-state index is 0.137. The quantitative estimate of drug-likeness (QED) is 0.853. The molecule has 0 bridgehead atoms. The van der Waals surface area contributed by atoms with Gasteiger partial charge in [0.2, 0.25) is 11.8 Å². The number of likely N-dealkylation sites (tertiary alicyclic amines) is 1. The van der Waals surface area contributed by atoms with Crippen LogP contribution in [-0.4, -0.2) is 49.1 Å². The predicted octanol–water partition coefficient (Wildman–Crippen LogP) is 2.07. The highest BCUT2D eigenvalue weighted by Crippen LogP contribution is 2.34.